The summed E-state index contributed by atoms with van der Waals surface area (Å²) in [6.45, 7) is 4.27. The number of hydrogen-bond acceptors (Lipinski definition) is 5. The molecule has 202 valence electrons. The first kappa shape index (κ1) is 27.7. The highest BCUT2D eigenvalue weighted by atomic mass is 31.2. The zero-order chi connectivity index (χ0) is 27.4. The molecule has 11 heteroatoms. The molecular weight excluding hydrogens is 512 g/mol. The molecular formula is C27H32FN3O6P+. The van der Waals surface area contributed by atoms with Gasteiger partial charge in [0.05, 0.1) is 13.2 Å². The smallest absolute Gasteiger partial charge is 0.475 e. The van der Waals surface area contributed by atoms with Crippen molar-refractivity contribution >= 4 is 19.8 Å². The topological polar surface area (TPSA) is 94.1 Å². The number of nitrogens with zero attached hydrogens (tertiary/aromatic N) is 3. The third kappa shape index (κ3) is 6.22. The van der Waals surface area contributed by atoms with Gasteiger partial charge in [0.1, 0.15) is 17.7 Å². The van der Waals surface area contributed by atoms with Gasteiger partial charge in [-0.2, -0.15) is 4.57 Å². The van der Waals surface area contributed by atoms with E-state index in [4.69, 9.17) is 9.26 Å². The number of methoxy groups -OCH3 is 1. The predicted octanol–water partition coefficient (Wildman–Crippen LogP) is 4.71. The van der Waals surface area contributed by atoms with Crippen LogP contribution in [0.2, 0.25) is 0 Å². The zero-order valence-electron chi connectivity index (χ0n) is 21.8. The molecule has 2 atom stereocenters. The van der Waals surface area contributed by atoms with E-state index in [1.54, 1.807) is 30.1 Å². The Bertz CT molecular complexity index is 1390. The average Bonchev–Trinajstić information content (AvgIpc) is 3.28. The molecule has 38 heavy (non-hydrogen) atoms. The summed E-state index contributed by atoms with van der Waals surface area (Å²) < 4.78 is 43.5. The average molecular weight is 545 g/mol. The Morgan fingerprint density at radius 3 is 2.63 bits per heavy atom. The number of benzene rings is 2. The quantitative estimate of drug-likeness (QED) is 0.238. The first-order valence-corrected chi connectivity index (χ1v) is 13.7. The van der Waals surface area contributed by atoms with Gasteiger partial charge in [-0.1, -0.05) is 18.2 Å². The maximum atomic E-state index is 13.4. The first-order chi connectivity index (χ1) is 18.1. The molecule has 1 saturated heterocycles. The van der Waals surface area contributed by atoms with E-state index < -0.39 is 7.82 Å². The second-order valence-corrected chi connectivity index (χ2v) is 10.7. The van der Waals surface area contributed by atoms with Crippen molar-refractivity contribution in [1.29, 1.82) is 0 Å². The van der Waals surface area contributed by atoms with Crippen LogP contribution in [0.25, 0.3) is 11.8 Å². The summed E-state index contributed by atoms with van der Waals surface area (Å²) in [6, 6.07) is 11.7. The number of carbonyl (C=O) groups excluding carboxylic acids is 1. The lowest BCUT2D eigenvalue weighted by Gasteiger charge is -2.34. The van der Waals surface area contributed by atoms with Crippen molar-refractivity contribution in [2.45, 2.75) is 39.5 Å². The number of ether oxygens (including phenoxy) is 1. The van der Waals surface area contributed by atoms with E-state index in [1.807, 2.05) is 53.8 Å². The number of rotatable bonds is 9. The minimum Gasteiger partial charge on any atom is -0.492 e. The van der Waals surface area contributed by atoms with Gasteiger partial charge in [0, 0.05) is 26.2 Å². The fraction of sp³-hybridized carbons (Fsp3) is 0.333. The highest BCUT2D eigenvalue weighted by Crippen LogP contribution is 2.42. The molecule has 2 heterocycles. The van der Waals surface area contributed by atoms with Crippen molar-refractivity contribution in [2.75, 3.05) is 20.8 Å². The van der Waals surface area contributed by atoms with Crippen molar-refractivity contribution in [2.24, 2.45) is 0 Å². The van der Waals surface area contributed by atoms with Gasteiger partial charge in [-0.15, -0.1) is 0 Å². The van der Waals surface area contributed by atoms with E-state index in [2.05, 4.69) is 4.52 Å². The Labute approximate surface area is 221 Å². The molecule has 4 rings (SSSR count). The summed E-state index contributed by atoms with van der Waals surface area (Å²) in [4.78, 5) is 24.7. The number of amides is 1. The second-order valence-electron chi connectivity index (χ2n) is 9.10. The Hall–Kier alpha value is -3.30. The van der Waals surface area contributed by atoms with Crippen molar-refractivity contribution in [3.05, 3.63) is 83.2 Å². The van der Waals surface area contributed by atoms with E-state index in [9.17, 15) is 18.6 Å². The largest absolute Gasteiger partial charge is 0.492 e. The molecule has 1 fully saturated rings. The molecule has 1 aliphatic heterocycles. The van der Waals surface area contributed by atoms with Crippen LogP contribution in [0.15, 0.2) is 60.6 Å². The van der Waals surface area contributed by atoms with E-state index >= 15 is 0 Å². The summed E-state index contributed by atoms with van der Waals surface area (Å²) >= 11 is 0. The first-order valence-electron chi connectivity index (χ1n) is 12.2. The lowest BCUT2D eigenvalue weighted by atomic mass is 9.97. The molecule has 0 bridgehead atoms. The molecule has 1 amide bonds. The molecule has 1 aliphatic rings. The Morgan fingerprint density at radius 1 is 1.21 bits per heavy atom. The number of piperidine rings is 1. The predicted molar refractivity (Wildman–Crippen MR) is 139 cm³/mol. The van der Waals surface area contributed by atoms with Crippen molar-refractivity contribution in [1.82, 2.24) is 9.47 Å². The number of aromatic nitrogens is 2. The minimum absolute atomic E-state index is 0.0320. The molecule has 0 radical (unpaired) electrons. The number of phosphoric ester groups is 1. The van der Waals surface area contributed by atoms with E-state index in [-0.39, 0.29) is 24.5 Å². The van der Waals surface area contributed by atoms with Gasteiger partial charge in [-0.05, 0) is 61.2 Å². The lowest BCUT2D eigenvalue weighted by Crippen LogP contribution is -2.38. The minimum atomic E-state index is -4.10. The number of likely N-dealkylation sites (tertiary alicyclic amines) is 1. The molecule has 2 aromatic carbocycles. The second kappa shape index (κ2) is 11.6. The van der Waals surface area contributed by atoms with Crippen molar-refractivity contribution < 1.29 is 37.0 Å². The Morgan fingerprint density at radius 2 is 1.95 bits per heavy atom. The summed E-state index contributed by atoms with van der Waals surface area (Å²) in [5.74, 6) is 0.256. The molecule has 0 spiro atoms. The van der Waals surface area contributed by atoms with Gasteiger partial charge in [0.2, 0.25) is 12.6 Å². The molecule has 1 unspecified atom stereocenters. The van der Waals surface area contributed by atoms with Crippen LogP contribution in [0, 0.1) is 12.7 Å². The molecule has 3 aromatic rings. The van der Waals surface area contributed by atoms with Crippen LogP contribution in [0.4, 0.5) is 4.39 Å². The van der Waals surface area contributed by atoms with Crippen LogP contribution in [0.5, 0.6) is 5.75 Å². The maximum Gasteiger partial charge on any atom is 0.475 e. The van der Waals surface area contributed by atoms with Gasteiger partial charge >= 0.3 is 7.82 Å². The lowest BCUT2D eigenvalue weighted by molar-refractivity contribution is -0.596. The van der Waals surface area contributed by atoms with Gasteiger partial charge < -0.3 is 14.5 Å². The fourth-order valence-electron chi connectivity index (χ4n) is 4.46. The monoisotopic (exact) mass is 544 g/mol. The van der Waals surface area contributed by atoms with E-state index in [1.165, 1.54) is 12.1 Å². The third-order valence-corrected chi connectivity index (χ3v) is 7.56. The summed E-state index contributed by atoms with van der Waals surface area (Å²) in [5.41, 5.74) is 3.96. The number of hydrogen-bond donors (Lipinski definition) is 1. The normalized spacial score (nSPS) is 17.5. The van der Waals surface area contributed by atoms with Gasteiger partial charge in [-0.25, -0.2) is 18.0 Å². The molecule has 9 nitrogen and oxygen atoms in total. The van der Waals surface area contributed by atoms with E-state index in [0.29, 0.717) is 24.3 Å². The molecule has 1 aromatic heterocycles. The number of phosphoric acid groups is 1. The number of aryl methyl sites for hydroxylation is 1. The SMILES string of the molecule is COc1cc(/C=C2\CCCN([C@@H](C)c3ccc(F)cc3)C2=O)ccc1-[n+]1cc(C)n(COP(=O)(O)OC)c1. The summed E-state index contributed by atoms with van der Waals surface area (Å²) in [5, 5.41) is 0. The molecule has 1 N–H and O–H groups in total. The number of carbonyl (C=O) groups is 1. The van der Waals surface area contributed by atoms with Crippen LogP contribution in [0.3, 0.4) is 0 Å². The van der Waals surface area contributed by atoms with Crippen LogP contribution < -0.4 is 9.30 Å². The van der Waals surface area contributed by atoms with Gasteiger partial charge in [0.15, 0.2) is 11.4 Å². The summed E-state index contributed by atoms with van der Waals surface area (Å²) in [6.07, 6.45) is 6.96. The molecule has 0 saturated carbocycles. The van der Waals surface area contributed by atoms with Crippen LogP contribution in [0.1, 0.15) is 42.6 Å². The maximum absolute atomic E-state index is 13.4. The van der Waals surface area contributed by atoms with Gasteiger partial charge in [-0.3, -0.25) is 9.32 Å². The van der Waals surface area contributed by atoms with E-state index in [0.717, 1.165) is 36.0 Å². The van der Waals surface area contributed by atoms with Crippen LogP contribution >= 0.6 is 7.82 Å². The highest BCUT2D eigenvalue weighted by molar-refractivity contribution is 7.47. The van der Waals surface area contributed by atoms with Gasteiger partial charge in [0.25, 0.3) is 6.33 Å². The highest BCUT2D eigenvalue weighted by Gasteiger charge is 2.28. The zero-order valence-corrected chi connectivity index (χ0v) is 22.7. The van der Waals surface area contributed by atoms with Crippen molar-refractivity contribution in [3.8, 4) is 11.4 Å². The standard InChI is InChI=1S/C27H31FN3O6P/c1-19-16-29(17-30(19)18-37-38(33,34)36-4)25-12-7-21(15-26(25)35-3)14-23-6-5-13-31(27(23)32)20(2)22-8-10-24(28)11-9-22/h7-12,14-17,20H,5-6,13,18H2,1-4H3/p+1/b23-14+/t20-/m0/s1. The van der Waals surface area contributed by atoms with Crippen molar-refractivity contribution in [3.63, 3.8) is 0 Å². The Balaban J connectivity index is 1.55. The molecule has 0 aliphatic carbocycles. The Kier molecular flexibility index (Phi) is 8.47. The summed E-state index contributed by atoms with van der Waals surface area (Å²) in [7, 11) is -1.43. The number of halogens is 1. The van der Waals surface area contributed by atoms with Crippen LogP contribution in [-0.2, 0) is 25.1 Å². The van der Waals surface area contributed by atoms with Crippen LogP contribution in [-0.4, -0.2) is 41.0 Å². The number of imidazole rings is 1. The fourth-order valence-corrected chi connectivity index (χ4v) is 4.84. The third-order valence-electron chi connectivity index (χ3n) is 6.66.